The van der Waals surface area contributed by atoms with Crippen molar-refractivity contribution in [2.75, 3.05) is 13.7 Å². The topological polar surface area (TPSA) is 72.0 Å². The minimum Gasteiger partial charge on any atom is -0.453 e. The van der Waals surface area contributed by atoms with E-state index in [-0.39, 0.29) is 18.5 Å². The van der Waals surface area contributed by atoms with E-state index < -0.39 is 6.09 Å². The fourth-order valence-corrected chi connectivity index (χ4v) is 2.22. The molecule has 1 aromatic rings. The van der Waals surface area contributed by atoms with Crippen molar-refractivity contribution in [2.24, 2.45) is 5.92 Å². The van der Waals surface area contributed by atoms with Crippen molar-refractivity contribution in [2.45, 2.75) is 33.2 Å². The Kier molecular flexibility index (Phi) is 6.88. The predicted octanol–water partition coefficient (Wildman–Crippen LogP) is 1.39. The number of nitrogens with one attached hydrogen (secondary N) is 1. The van der Waals surface area contributed by atoms with Gasteiger partial charge in [0.1, 0.15) is 6.04 Å². The molecule has 0 bridgehead atoms. The van der Waals surface area contributed by atoms with Crippen LogP contribution in [0.4, 0.5) is 4.79 Å². The lowest BCUT2D eigenvalue weighted by Gasteiger charge is -2.19. The first-order chi connectivity index (χ1) is 9.97. The normalized spacial score (nSPS) is 12.0. The second-order valence-electron chi connectivity index (χ2n) is 5.34. The summed E-state index contributed by atoms with van der Waals surface area (Å²) in [4.78, 5) is 22.6. The van der Waals surface area contributed by atoms with Gasteiger partial charge in [-0.1, -0.05) is 45.0 Å². The third kappa shape index (κ3) is 5.55. The van der Waals surface area contributed by atoms with Crippen molar-refractivity contribution in [1.82, 2.24) is 5.32 Å². The summed E-state index contributed by atoms with van der Waals surface area (Å²) in [5, 5.41) is 4.11. The van der Waals surface area contributed by atoms with Crippen LogP contribution in [0.2, 0.25) is 0 Å². The Hall–Kier alpha value is -1.88. The number of ether oxygens (including phenoxy) is 1. The molecular formula is C16H25N2O3+. The quantitative estimate of drug-likeness (QED) is 0.832. The molecule has 5 nitrogen and oxygen atoms in total. The van der Waals surface area contributed by atoms with Gasteiger partial charge >= 0.3 is 6.09 Å². The summed E-state index contributed by atoms with van der Waals surface area (Å²) in [6.45, 7) is 6.55. The van der Waals surface area contributed by atoms with Gasteiger partial charge < -0.3 is 10.1 Å². The molecule has 0 saturated heterocycles. The molecule has 3 N–H and O–H groups in total. The Morgan fingerprint density at radius 1 is 1.24 bits per heavy atom. The molecule has 0 heterocycles. The molecule has 0 aliphatic rings. The highest BCUT2D eigenvalue weighted by atomic mass is 16.5. The number of carbonyl (C=O) groups excluding carboxylic acids is 2. The van der Waals surface area contributed by atoms with Crippen LogP contribution in [0.15, 0.2) is 24.3 Å². The Morgan fingerprint density at radius 2 is 1.86 bits per heavy atom. The van der Waals surface area contributed by atoms with Gasteiger partial charge in [0, 0.05) is 11.5 Å². The first kappa shape index (κ1) is 17.2. The highest BCUT2D eigenvalue weighted by Crippen LogP contribution is 2.18. The van der Waals surface area contributed by atoms with E-state index in [1.54, 1.807) is 0 Å². The molecule has 0 spiro atoms. The molecule has 0 fully saturated rings. The minimum atomic E-state index is -0.721. The molecule has 0 saturated carbocycles. The van der Waals surface area contributed by atoms with Gasteiger partial charge in [0.25, 0.3) is 5.91 Å². The Labute approximate surface area is 126 Å². The van der Waals surface area contributed by atoms with Gasteiger partial charge in [-0.2, -0.15) is 0 Å². The maximum atomic E-state index is 11.6. The highest BCUT2D eigenvalue weighted by Gasteiger charge is 2.21. The fraction of sp³-hybridized carbons (Fsp3) is 0.500. The molecule has 116 valence electrons. The summed E-state index contributed by atoms with van der Waals surface area (Å²) in [6, 6.07) is 8.63. The zero-order valence-electron chi connectivity index (χ0n) is 13.2. The van der Waals surface area contributed by atoms with E-state index in [2.05, 4.69) is 55.1 Å². The van der Waals surface area contributed by atoms with E-state index in [0.29, 0.717) is 5.92 Å². The van der Waals surface area contributed by atoms with Gasteiger partial charge in [-0.05, 0) is 12.0 Å². The molecule has 5 heteroatoms. The van der Waals surface area contributed by atoms with Gasteiger partial charge in [0.15, 0.2) is 6.54 Å². The van der Waals surface area contributed by atoms with Crippen molar-refractivity contribution in [3.63, 3.8) is 0 Å². The number of alkyl carbamates (subject to hydrolysis) is 1. The number of aryl methyl sites for hydroxylation is 1. The van der Waals surface area contributed by atoms with E-state index >= 15 is 0 Å². The third-order valence-electron chi connectivity index (χ3n) is 3.48. The van der Waals surface area contributed by atoms with E-state index in [4.69, 9.17) is 0 Å². The van der Waals surface area contributed by atoms with Crippen molar-refractivity contribution >= 4 is 12.0 Å². The Morgan fingerprint density at radius 3 is 2.33 bits per heavy atom. The third-order valence-corrected chi connectivity index (χ3v) is 3.48. The smallest absolute Gasteiger partial charge is 0.413 e. The van der Waals surface area contributed by atoms with Crippen LogP contribution in [-0.2, 0) is 16.0 Å². The van der Waals surface area contributed by atoms with E-state index in [0.717, 1.165) is 6.42 Å². The second kappa shape index (κ2) is 8.42. The molecule has 1 rings (SSSR count). The molecule has 21 heavy (non-hydrogen) atoms. The summed E-state index contributed by atoms with van der Waals surface area (Å²) < 4.78 is 4.40. The molecule has 0 radical (unpaired) electrons. The van der Waals surface area contributed by atoms with Crippen LogP contribution < -0.4 is 10.6 Å². The molecule has 2 amide bonds. The number of amides is 2. The molecule has 0 aliphatic heterocycles. The summed E-state index contributed by atoms with van der Waals surface area (Å²) in [6.07, 6.45) is 0.291. The highest BCUT2D eigenvalue weighted by molar-refractivity contribution is 5.92. The lowest BCUT2D eigenvalue weighted by Crippen LogP contribution is -2.88. The molecule has 0 aliphatic carbocycles. The monoisotopic (exact) mass is 293 g/mol. The fourth-order valence-electron chi connectivity index (χ4n) is 2.22. The number of hydrogen-bond donors (Lipinski definition) is 2. The van der Waals surface area contributed by atoms with E-state index in [9.17, 15) is 9.59 Å². The van der Waals surface area contributed by atoms with Gasteiger partial charge in [0.2, 0.25) is 0 Å². The Balaban J connectivity index is 2.65. The number of nitrogens with two attached hydrogens (primary N) is 1. The number of benzene rings is 1. The van der Waals surface area contributed by atoms with Crippen LogP contribution in [-0.4, -0.2) is 25.7 Å². The van der Waals surface area contributed by atoms with Gasteiger partial charge in [-0.25, -0.2) is 4.79 Å². The molecular weight excluding hydrogens is 268 g/mol. The van der Waals surface area contributed by atoms with Crippen LogP contribution >= 0.6 is 0 Å². The number of quaternary nitrogens is 1. The van der Waals surface area contributed by atoms with Crippen molar-refractivity contribution in [3.05, 3.63) is 35.4 Å². The summed E-state index contributed by atoms with van der Waals surface area (Å²) in [5.41, 5.74) is 2.48. The van der Waals surface area contributed by atoms with Crippen LogP contribution in [0.3, 0.4) is 0 Å². The molecule has 0 unspecified atom stereocenters. The summed E-state index contributed by atoms with van der Waals surface area (Å²) >= 11 is 0. The van der Waals surface area contributed by atoms with Gasteiger partial charge in [0.05, 0.1) is 7.11 Å². The SMILES string of the molecule is CCc1ccc([C@@H]([NH2+]CC(=O)NC(=O)OC)C(C)C)cc1. The predicted molar refractivity (Wildman–Crippen MR) is 80.7 cm³/mol. The van der Waals surface area contributed by atoms with Crippen LogP contribution in [0.5, 0.6) is 0 Å². The first-order valence-corrected chi connectivity index (χ1v) is 7.27. The van der Waals surface area contributed by atoms with Crippen LogP contribution in [0.1, 0.15) is 37.9 Å². The van der Waals surface area contributed by atoms with Crippen molar-refractivity contribution < 1.29 is 19.6 Å². The van der Waals surface area contributed by atoms with E-state index in [1.807, 2.05) is 5.32 Å². The maximum absolute atomic E-state index is 11.6. The average Bonchev–Trinajstić information content (AvgIpc) is 2.47. The Bertz CT molecular complexity index is 469. The molecule has 1 atom stereocenters. The molecule has 0 aromatic heterocycles. The number of rotatable bonds is 6. The van der Waals surface area contributed by atoms with Crippen molar-refractivity contribution in [3.8, 4) is 0 Å². The molecule has 1 aromatic carbocycles. The summed E-state index contributed by atoms with van der Waals surface area (Å²) in [5.74, 6) is 0.0288. The minimum absolute atomic E-state index is 0.180. The van der Waals surface area contributed by atoms with Gasteiger partial charge in [-0.3, -0.25) is 10.1 Å². The van der Waals surface area contributed by atoms with Crippen molar-refractivity contribution in [1.29, 1.82) is 0 Å². The lowest BCUT2D eigenvalue weighted by atomic mass is 9.95. The standard InChI is InChI=1S/C16H24N2O3/c1-5-12-6-8-13(9-7-12)15(11(2)3)17-10-14(19)18-16(20)21-4/h6-9,11,15,17H,5,10H2,1-4H3,(H,18,19,20)/p+1/t15-/m0/s1. The maximum Gasteiger partial charge on any atom is 0.413 e. The number of imide groups is 1. The summed E-state index contributed by atoms with van der Waals surface area (Å²) in [7, 11) is 1.23. The van der Waals surface area contributed by atoms with Crippen LogP contribution in [0.25, 0.3) is 0 Å². The second-order valence-corrected chi connectivity index (χ2v) is 5.34. The van der Waals surface area contributed by atoms with Gasteiger partial charge in [-0.15, -0.1) is 0 Å². The van der Waals surface area contributed by atoms with E-state index in [1.165, 1.54) is 18.2 Å². The zero-order valence-corrected chi connectivity index (χ0v) is 13.2. The number of methoxy groups -OCH3 is 1. The van der Waals surface area contributed by atoms with Crippen LogP contribution in [0, 0.1) is 5.92 Å². The zero-order chi connectivity index (χ0) is 15.8. The average molecular weight is 293 g/mol. The number of hydrogen-bond acceptors (Lipinski definition) is 3. The number of carbonyl (C=O) groups is 2. The lowest BCUT2D eigenvalue weighted by molar-refractivity contribution is -0.692. The first-order valence-electron chi connectivity index (χ1n) is 7.27. The largest absolute Gasteiger partial charge is 0.453 e.